The van der Waals surface area contributed by atoms with Crippen molar-refractivity contribution in [2.75, 3.05) is 16.2 Å². The molecule has 0 fully saturated rings. The van der Waals surface area contributed by atoms with E-state index in [9.17, 15) is 26.4 Å². The molecule has 3 aromatic rings. The van der Waals surface area contributed by atoms with Crippen molar-refractivity contribution in [2.45, 2.75) is 11.1 Å². The number of para-hydroxylation sites is 1. The average Bonchev–Trinajstić information content (AvgIpc) is 2.73. The molecule has 0 spiro atoms. The van der Waals surface area contributed by atoms with E-state index >= 15 is 0 Å². The van der Waals surface area contributed by atoms with E-state index in [0.29, 0.717) is 4.31 Å². The number of halogens is 5. The Labute approximate surface area is 192 Å². The Morgan fingerprint density at radius 2 is 1.56 bits per heavy atom. The van der Waals surface area contributed by atoms with Crippen LogP contribution in [0.1, 0.15) is 5.56 Å². The van der Waals surface area contributed by atoms with Crippen molar-refractivity contribution in [1.29, 1.82) is 0 Å². The number of nitrogens with one attached hydrogen (secondary N) is 1. The molecule has 168 valence electrons. The molecule has 0 radical (unpaired) electrons. The number of nitrogens with zero attached hydrogens (tertiary/aromatic N) is 1. The van der Waals surface area contributed by atoms with E-state index in [-0.39, 0.29) is 20.6 Å². The van der Waals surface area contributed by atoms with Gasteiger partial charge in [0.05, 0.1) is 26.9 Å². The lowest BCUT2D eigenvalue weighted by Gasteiger charge is -2.25. The van der Waals surface area contributed by atoms with Crippen molar-refractivity contribution in [2.24, 2.45) is 0 Å². The maximum absolute atomic E-state index is 13.3. The van der Waals surface area contributed by atoms with Crippen LogP contribution in [0.15, 0.2) is 77.7 Å². The lowest BCUT2D eigenvalue weighted by molar-refractivity contribution is -0.137. The summed E-state index contributed by atoms with van der Waals surface area (Å²) in [5.74, 6) is -0.993. The van der Waals surface area contributed by atoms with Gasteiger partial charge in [-0.1, -0.05) is 53.5 Å². The highest BCUT2D eigenvalue weighted by atomic mass is 35.5. The Morgan fingerprint density at radius 1 is 0.938 bits per heavy atom. The summed E-state index contributed by atoms with van der Waals surface area (Å²) in [6.07, 6.45) is -4.71. The van der Waals surface area contributed by atoms with Gasteiger partial charge in [-0.2, -0.15) is 13.2 Å². The van der Waals surface area contributed by atoms with E-state index in [1.54, 1.807) is 6.07 Å². The third kappa shape index (κ3) is 5.35. The third-order valence-corrected chi connectivity index (χ3v) is 6.62. The van der Waals surface area contributed by atoms with Crippen LogP contribution in [-0.2, 0) is 21.0 Å². The van der Waals surface area contributed by atoms with E-state index in [1.807, 2.05) is 0 Å². The lowest BCUT2D eigenvalue weighted by Crippen LogP contribution is -2.38. The number of anilines is 2. The molecule has 1 N–H and O–H groups in total. The second kappa shape index (κ2) is 9.40. The van der Waals surface area contributed by atoms with E-state index in [1.165, 1.54) is 54.6 Å². The van der Waals surface area contributed by atoms with Crippen molar-refractivity contribution in [3.05, 3.63) is 88.4 Å². The molecule has 0 bridgehead atoms. The summed E-state index contributed by atoms with van der Waals surface area (Å²) in [7, 11) is -4.29. The number of sulfonamides is 1. The predicted octanol–water partition coefficient (Wildman–Crippen LogP) is 5.85. The van der Waals surface area contributed by atoms with Gasteiger partial charge in [-0.15, -0.1) is 0 Å². The van der Waals surface area contributed by atoms with Gasteiger partial charge >= 0.3 is 6.18 Å². The number of benzene rings is 3. The zero-order valence-electron chi connectivity index (χ0n) is 16.1. The zero-order chi connectivity index (χ0) is 23.5. The van der Waals surface area contributed by atoms with Crippen LogP contribution in [0.2, 0.25) is 10.0 Å². The molecule has 0 atom stereocenters. The van der Waals surface area contributed by atoms with Gasteiger partial charge in [-0.05, 0) is 42.5 Å². The van der Waals surface area contributed by atoms with Gasteiger partial charge in [0.2, 0.25) is 5.91 Å². The van der Waals surface area contributed by atoms with Crippen molar-refractivity contribution in [1.82, 2.24) is 0 Å². The van der Waals surface area contributed by atoms with Gasteiger partial charge in [0, 0.05) is 5.02 Å². The lowest BCUT2D eigenvalue weighted by atomic mass is 10.1. The number of rotatable bonds is 6. The highest BCUT2D eigenvalue weighted by molar-refractivity contribution is 7.92. The maximum Gasteiger partial charge on any atom is 0.418 e. The number of hydrogen-bond donors (Lipinski definition) is 1. The Hall–Kier alpha value is -2.75. The Morgan fingerprint density at radius 3 is 2.19 bits per heavy atom. The molecule has 0 aliphatic carbocycles. The van der Waals surface area contributed by atoms with Crippen LogP contribution in [0, 0.1) is 0 Å². The molecule has 0 aliphatic heterocycles. The highest BCUT2D eigenvalue weighted by Crippen LogP contribution is 2.35. The predicted molar refractivity (Wildman–Crippen MR) is 118 cm³/mol. The van der Waals surface area contributed by atoms with Crippen LogP contribution in [0.5, 0.6) is 0 Å². The average molecular weight is 503 g/mol. The molecular formula is C21H15Cl2F3N2O3S. The van der Waals surface area contributed by atoms with E-state index < -0.39 is 39.9 Å². The molecule has 1 amide bonds. The first kappa shape index (κ1) is 23.9. The number of hydrogen-bond acceptors (Lipinski definition) is 3. The van der Waals surface area contributed by atoms with Crippen LogP contribution in [0.25, 0.3) is 0 Å². The van der Waals surface area contributed by atoms with E-state index in [4.69, 9.17) is 23.2 Å². The SMILES string of the molecule is O=C(CN(c1ccc(Cl)cc1Cl)S(=O)(=O)c1ccccc1)Nc1ccccc1C(F)(F)F. The maximum atomic E-state index is 13.3. The minimum absolute atomic E-state index is 0.0551. The zero-order valence-corrected chi connectivity index (χ0v) is 18.4. The highest BCUT2D eigenvalue weighted by Gasteiger charge is 2.34. The Bertz CT molecular complexity index is 1240. The summed E-state index contributed by atoms with van der Waals surface area (Å²) in [6, 6.07) is 15.6. The Kier molecular flexibility index (Phi) is 7.02. The molecule has 0 saturated carbocycles. The quantitative estimate of drug-likeness (QED) is 0.459. The van der Waals surface area contributed by atoms with E-state index in [0.717, 1.165) is 12.1 Å². The first-order valence-electron chi connectivity index (χ1n) is 8.99. The molecule has 0 aliphatic rings. The van der Waals surface area contributed by atoms with Gasteiger partial charge in [0.25, 0.3) is 10.0 Å². The summed E-state index contributed by atoms with van der Waals surface area (Å²) in [6.45, 7) is -0.829. The van der Waals surface area contributed by atoms with Crippen LogP contribution < -0.4 is 9.62 Å². The Balaban J connectivity index is 2.00. The molecule has 0 unspecified atom stereocenters. The number of carbonyl (C=O) groups is 1. The van der Waals surface area contributed by atoms with Gasteiger partial charge in [0.1, 0.15) is 6.54 Å². The third-order valence-electron chi connectivity index (χ3n) is 4.30. The summed E-state index contributed by atoms with van der Waals surface area (Å²) >= 11 is 12.1. The first-order chi connectivity index (χ1) is 15.0. The van der Waals surface area contributed by atoms with Gasteiger partial charge < -0.3 is 5.32 Å². The van der Waals surface area contributed by atoms with Crippen LogP contribution >= 0.6 is 23.2 Å². The molecule has 11 heteroatoms. The summed E-state index contributed by atoms with van der Waals surface area (Å²) < 4.78 is 67.0. The molecule has 3 aromatic carbocycles. The fourth-order valence-electron chi connectivity index (χ4n) is 2.86. The normalized spacial score (nSPS) is 11.8. The molecule has 0 saturated heterocycles. The number of carbonyl (C=O) groups excluding carboxylic acids is 1. The summed E-state index contributed by atoms with van der Waals surface area (Å²) in [5.41, 5.74) is -1.61. The molecule has 32 heavy (non-hydrogen) atoms. The van der Waals surface area contributed by atoms with Crippen LogP contribution in [0.4, 0.5) is 24.5 Å². The van der Waals surface area contributed by atoms with Crippen molar-refractivity contribution in [3.63, 3.8) is 0 Å². The molecule has 3 rings (SSSR count). The minimum atomic E-state index is -4.71. The molecule has 5 nitrogen and oxygen atoms in total. The molecule has 0 aromatic heterocycles. The van der Waals surface area contributed by atoms with Gasteiger partial charge in [0.15, 0.2) is 0 Å². The fraction of sp³-hybridized carbons (Fsp3) is 0.0952. The van der Waals surface area contributed by atoms with Crippen LogP contribution in [-0.4, -0.2) is 20.9 Å². The van der Waals surface area contributed by atoms with Crippen molar-refractivity contribution >= 4 is 50.5 Å². The monoisotopic (exact) mass is 502 g/mol. The number of amides is 1. The second-order valence-corrected chi connectivity index (χ2v) is 9.22. The second-order valence-electron chi connectivity index (χ2n) is 6.51. The topological polar surface area (TPSA) is 66.5 Å². The van der Waals surface area contributed by atoms with Gasteiger partial charge in [-0.3, -0.25) is 9.10 Å². The molecule has 0 heterocycles. The standard InChI is InChI=1S/C21H15Cl2F3N2O3S/c22-14-10-11-19(17(23)12-14)28(32(30,31)15-6-2-1-3-7-15)13-20(29)27-18-9-5-4-8-16(18)21(24,25)26/h1-12H,13H2,(H,27,29). The largest absolute Gasteiger partial charge is 0.418 e. The first-order valence-corrected chi connectivity index (χ1v) is 11.2. The van der Waals surface area contributed by atoms with Gasteiger partial charge in [-0.25, -0.2) is 8.42 Å². The van der Waals surface area contributed by atoms with Crippen molar-refractivity contribution < 1.29 is 26.4 Å². The molecular weight excluding hydrogens is 488 g/mol. The van der Waals surface area contributed by atoms with E-state index in [2.05, 4.69) is 5.32 Å². The van der Waals surface area contributed by atoms with Crippen molar-refractivity contribution in [3.8, 4) is 0 Å². The minimum Gasteiger partial charge on any atom is -0.324 e. The van der Waals surface area contributed by atoms with Crippen LogP contribution in [0.3, 0.4) is 0 Å². The smallest absolute Gasteiger partial charge is 0.324 e. The summed E-state index contributed by atoms with van der Waals surface area (Å²) in [5, 5.41) is 2.32. The summed E-state index contributed by atoms with van der Waals surface area (Å²) in [4.78, 5) is 12.5. The number of alkyl halides is 3. The fourth-order valence-corrected chi connectivity index (χ4v) is 4.88.